The number of hydrogen-bond acceptors (Lipinski definition) is 3. The van der Waals surface area contributed by atoms with Crippen LogP contribution in [0.3, 0.4) is 0 Å². The molecule has 0 bridgehead atoms. The van der Waals surface area contributed by atoms with E-state index in [1.54, 1.807) is 0 Å². The quantitative estimate of drug-likeness (QED) is 0.533. The topological polar surface area (TPSA) is 95.5 Å². The first-order valence-corrected chi connectivity index (χ1v) is 7.51. The fraction of sp³-hybridized carbons (Fsp3) is 0.800. The molecule has 0 unspecified atom stereocenters. The molecule has 0 aromatic heterocycles. The molecular formula is C15H28N2O4. The fourth-order valence-electron chi connectivity index (χ4n) is 1.86. The first kappa shape index (κ1) is 19.4. The van der Waals surface area contributed by atoms with Gasteiger partial charge in [0.05, 0.1) is 0 Å². The second kappa shape index (κ2) is 10.2. The van der Waals surface area contributed by atoms with Crippen molar-refractivity contribution >= 4 is 17.8 Å². The van der Waals surface area contributed by atoms with Gasteiger partial charge in [0.2, 0.25) is 11.8 Å². The van der Waals surface area contributed by atoms with E-state index in [1.165, 1.54) is 0 Å². The molecule has 0 aliphatic rings. The minimum Gasteiger partial charge on any atom is -0.480 e. The molecule has 122 valence electrons. The molecule has 0 aliphatic carbocycles. The average molecular weight is 300 g/mol. The highest BCUT2D eigenvalue weighted by Gasteiger charge is 2.19. The number of carboxylic acid groups (broad SMARTS) is 1. The third-order valence-electron chi connectivity index (χ3n) is 2.81. The van der Waals surface area contributed by atoms with Crippen molar-refractivity contribution in [2.45, 2.75) is 59.4 Å². The van der Waals surface area contributed by atoms with E-state index in [1.807, 2.05) is 27.7 Å². The summed E-state index contributed by atoms with van der Waals surface area (Å²) in [6, 6.07) is -0.891. The van der Waals surface area contributed by atoms with E-state index < -0.39 is 12.0 Å². The fourth-order valence-corrected chi connectivity index (χ4v) is 1.86. The van der Waals surface area contributed by atoms with Gasteiger partial charge >= 0.3 is 5.97 Å². The van der Waals surface area contributed by atoms with E-state index in [-0.39, 0.29) is 17.7 Å². The maximum absolute atomic E-state index is 11.6. The van der Waals surface area contributed by atoms with Gasteiger partial charge in [0, 0.05) is 19.4 Å². The van der Waals surface area contributed by atoms with Crippen molar-refractivity contribution in [3.8, 4) is 0 Å². The minimum absolute atomic E-state index is 0.0271. The molecule has 0 fully saturated rings. The second-order valence-corrected chi connectivity index (χ2v) is 6.15. The van der Waals surface area contributed by atoms with E-state index in [0.29, 0.717) is 38.1 Å². The first-order chi connectivity index (χ1) is 9.72. The van der Waals surface area contributed by atoms with Crippen LogP contribution in [-0.4, -0.2) is 35.5 Å². The highest BCUT2D eigenvalue weighted by atomic mass is 16.4. The van der Waals surface area contributed by atoms with E-state index in [9.17, 15) is 14.4 Å². The van der Waals surface area contributed by atoms with Gasteiger partial charge in [0.25, 0.3) is 0 Å². The molecule has 0 saturated carbocycles. The summed E-state index contributed by atoms with van der Waals surface area (Å²) in [7, 11) is 0. The summed E-state index contributed by atoms with van der Waals surface area (Å²) in [4.78, 5) is 34.1. The lowest BCUT2D eigenvalue weighted by atomic mass is 10.1. The summed E-state index contributed by atoms with van der Waals surface area (Å²) in [6.07, 6.45) is 1.60. The first-order valence-electron chi connectivity index (χ1n) is 7.51. The molecule has 3 N–H and O–H groups in total. The van der Waals surface area contributed by atoms with Crippen LogP contribution in [-0.2, 0) is 14.4 Å². The molecule has 0 rings (SSSR count). The molecule has 0 aromatic carbocycles. The van der Waals surface area contributed by atoms with Crippen LogP contribution < -0.4 is 10.6 Å². The summed E-state index contributed by atoms with van der Waals surface area (Å²) in [6.45, 7) is 8.16. The van der Waals surface area contributed by atoms with Gasteiger partial charge in [-0.3, -0.25) is 9.59 Å². The Bertz CT molecular complexity index is 354. The molecule has 0 aliphatic heterocycles. The summed E-state index contributed by atoms with van der Waals surface area (Å²) < 4.78 is 0. The number of nitrogens with one attached hydrogen (secondary N) is 2. The van der Waals surface area contributed by atoms with Crippen molar-refractivity contribution in [1.29, 1.82) is 0 Å². The van der Waals surface area contributed by atoms with E-state index >= 15 is 0 Å². The van der Waals surface area contributed by atoms with Crippen molar-refractivity contribution < 1.29 is 19.5 Å². The van der Waals surface area contributed by atoms with Crippen LogP contribution in [0, 0.1) is 11.8 Å². The lowest BCUT2D eigenvalue weighted by Gasteiger charge is -2.15. The Morgan fingerprint density at radius 1 is 0.952 bits per heavy atom. The molecule has 0 aromatic rings. The van der Waals surface area contributed by atoms with Crippen LogP contribution in [0.5, 0.6) is 0 Å². The Balaban J connectivity index is 4.03. The Morgan fingerprint density at radius 2 is 1.48 bits per heavy atom. The average Bonchev–Trinajstić information content (AvgIpc) is 2.30. The van der Waals surface area contributed by atoms with E-state index in [2.05, 4.69) is 10.6 Å². The normalized spacial score (nSPS) is 12.3. The number of carbonyl (C=O) groups is 3. The van der Waals surface area contributed by atoms with E-state index in [4.69, 9.17) is 5.11 Å². The smallest absolute Gasteiger partial charge is 0.326 e. The SMILES string of the molecule is CC(C)CC(=O)NCCC[C@H](NC(=O)CC(C)C)C(=O)O. The Hall–Kier alpha value is -1.59. The van der Waals surface area contributed by atoms with Crippen LogP contribution in [0.15, 0.2) is 0 Å². The van der Waals surface area contributed by atoms with E-state index in [0.717, 1.165) is 0 Å². The zero-order valence-electron chi connectivity index (χ0n) is 13.4. The van der Waals surface area contributed by atoms with Crippen molar-refractivity contribution in [2.24, 2.45) is 11.8 Å². The summed E-state index contributed by atoms with van der Waals surface area (Å²) in [5, 5.41) is 14.3. The van der Waals surface area contributed by atoms with Gasteiger partial charge in [-0.25, -0.2) is 4.79 Å². The minimum atomic E-state index is -1.04. The number of aliphatic carboxylic acids is 1. The molecule has 21 heavy (non-hydrogen) atoms. The molecule has 0 radical (unpaired) electrons. The molecule has 6 nitrogen and oxygen atoms in total. The molecule has 2 amide bonds. The van der Waals surface area contributed by atoms with Crippen molar-refractivity contribution in [1.82, 2.24) is 10.6 Å². The Labute approximate surface area is 126 Å². The van der Waals surface area contributed by atoms with Crippen LogP contribution in [0.25, 0.3) is 0 Å². The third-order valence-corrected chi connectivity index (χ3v) is 2.81. The van der Waals surface area contributed by atoms with Crippen molar-refractivity contribution in [3.63, 3.8) is 0 Å². The van der Waals surface area contributed by atoms with Crippen LogP contribution >= 0.6 is 0 Å². The molecule has 1 atom stereocenters. The Kier molecular flexibility index (Phi) is 9.41. The van der Waals surface area contributed by atoms with Gasteiger partial charge in [0.15, 0.2) is 0 Å². The highest BCUT2D eigenvalue weighted by Crippen LogP contribution is 2.03. The van der Waals surface area contributed by atoms with Crippen LogP contribution in [0.1, 0.15) is 53.4 Å². The number of rotatable bonds is 10. The number of hydrogen-bond donors (Lipinski definition) is 3. The molecule has 0 heterocycles. The number of carbonyl (C=O) groups excluding carboxylic acids is 2. The lowest BCUT2D eigenvalue weighted by molar-refractivity contribution is -0.142. The zero-order chi connectivity index (χ0) is 16.4. The summed E-state index contributed by atoms with van der Waals surface area (Å²) >= 11 is 0. The predicted octanol–water partition coefficient (Wildman–Crippen LogP) is 1.54. The van der Waals surface area contributed by atoms with Gasteiger partial charge in [-0.05, 0) is 24.7 Å². The number of amides is 2. The Morgan fingerprint density at radius 3 is 1.95 bits per heavy atom. The zero-order valence-corrected chi connectivity index (χ0v) is 13.4. The van der Waals surface area contributed by atoms with Gasteiger partial charge in [0.1, 0.15) is 6.04 Å². The summed E-state index contributed by atoms with van der Waals surface area (Å²) in [5.41, 5.74) is 0. The second-order valence-electron chi connectivity index (χ2n) is 6.15. The maximum atomic E-state index is 11.6. The standard InChI is InChI=1S/C15H28N2O4/c1-10(2)8-13(18)16-7-5-6-12(15(20)21)17-14(19)9-11(3)4/h10-12H,5-9H2,1-4H3,(H,16,18)(H,17,19)(H,20,21)/t12-/m0/s1. The highest BCUT2D eigenvalue weighted by molar-refractivity contribution is 5.83. The third kappa shape index (κ3) is 10.8. The lowest BCUT2D eigenvalue weighted by Crippen LogP contribution is -2.41. The van der Waals surface area contributed by atoms with Gasteiger partial charge in [-0.15, -0.1) is 0 Å². The monoisotopic (exact) mass is 300 g/mol. The molecular weight excluding hydrogens is 272 g/mol. The van der Waals surface area contributed by atoms with Crippen molar-refractivity contribution in [2.75, 3.05) is 6.54 Å². The van der Waals surface area contributed by atoms with Gasteiger partial charge < -0.3 is 15.7 Å². The largest absolute Gasteiger partial charge is 0.480 e. The number of carboxylic acids is 1. The van der Waals surface area contributed by atoms with Gasteiger partial charge in [-0.2, -0.15) is 0 Å². The molecule has 6 heteroatoms. The summed E-state index contributed by atoms with van der Waals surface area (Å²) in [5.74, 6) is -0.829. The van der Waals surface area contributed by atoms with Gasteiger partial charge in [-0.1, -0.05) is 27.7 Å². The van der Waals surface area contributed by atoms with Crippen molar-refractivity contribution in [3.05, 3.63) is 0 Å². The predicted molar refractivity (Wildman–Crippen MR) is 80.7 cm³/mol. The van der Waals surface area contributed by atoms with Crippen LogP contribution in [0.4, 0.5) is 0 Å². The maximum Gasteiger partial charge on any atom is 0.326 e. The molecule has 0 spiro atoms. The van der Waals surface area contributed by atoms with Crippen LogP contribution in [0.2, 0.25) is 0 Å². The molecule has 0 saturated heterocycles.